The number of nitrogens with one attached hydrogen (secondary N) is 1. The lowest BCUT2D eigenvalue weighted by molar-refractivity contribution is 0.0994. The second-order valence-corrected chi connectivity index (χ2v) is 5.56. The number of rotatable bonds is 4. The first-order valence-electron chi connectivity index (χ1n) is 7.05. The molecule has 0 aliphatic carbocycles. The molecule has 1 aromatic heterocycles. The Balaban J connectivity index is 1.95. The highest BCUT2D eigenvalue weighted by Crippen LogP contribution is 2.24. The van der Waals surface area contributed by atoms with Crippen LogP contribution in [-0.4, -0.2) is 10.8 Å². The van der Waals surface area contributed by atoms with Gasteiger partial charge < -0.3 is 4.98 Å². The first kappa shape index (κ1) is 13.9. The Hall–Kier alpha value is -2.06. The molecule has 2 aromatic carbocycles. The molecule has 3 aromatic rings. The molecule has 0 unspecified atom stereocenters. The van der Waals surface area contributed by atoms with Crippen LogP contribution in [0.4, 0.5) is 0 Å². The van der Waals surface area contributed by atoms with Crippen LogP contribution in [0.1, 0.15) is 28.4 Å². The van der Waals surface area contributed by atoms with Gasteiger partial charge in [-0.2, -0.15) is 0 Å². The number of H-pyrrole nitrogens is 1. The normalized spacial score (nSPS) is 11.0. The molecular formula is C18H16ClNO. The van der Waals surface area contributed by atoms with Gasteiger partial charge in [-0.05, 0) is 29.7 Å². The predicted molar refractivity (Wildman–Crippen MR) is 87.2 cm³/mol. The van der Waals surface area contributed by atoms with Gasteiger partial charge in [0.15, 0.2) is 5.78 Å². The van der Waals surface area contributed by atoms with Crippen molar-refractivity contribution in [2.45, 2.75) is 19.8 Å². The number of ketones is 1. The summed E-state index contributed by atoms with van der Waals surface area (Å²) in [5.41, 5.74) is 3.98. The van der Waals surface area contributed by atoms with Crippen molar-refractivity contribution in [1.82, 2.24) is 4.98 Å². The maximum Gasteiger partial charge on any atom is 0.169 e. The van der Waals surface area contributed by atoms with Crippen LogP contribution in [0.15, 0.2) is 48.7 Å². The maximum atomic E-state index is 12.5. The summed E-state index contributed by atoms with van der Waals surface area (Å²) >= 11 is 5.97. The molecule has 0 bridgehead atoms. The second kappa shape index (κ2) is 5.74. The van der Waals surface area contributed by atoms with Crippen molar-refractivity contribution in [3.8, 4) is 0 Å². The minimum atomic E-state index is 0.108. The topological polar surface area (TPSA) is 32.9 Å². The summed E-state index contributed by atoms with van der Waals surface area (Å²) in [5.74, 6) is 0.108. The molecule has 1 N–H and O–H groups in total. The van der Waals surface area contributed by atoms with E-state index in [1.807, 2.05) is 42.6 Å². The monoisotopic (exact) mass is 297 g/mol. The van der Waals surface area contributed by atoms with Crippen LogP contribution in [0.2, 0.25) is 5.02 Å². The first-order valence-corrected chi connectivity index (χ1v) is 7.43. The summed E-state index contributed by atoms with van der Waals surface area (Å²) in [6, 6.07) is 13.5. The van der Waals surface area contributed by atoms with Crippen LogP contribution in [0.25, 0.3) is 10.9 Å². The lowest BCUT2D eigenvalue weighted by Gasteiger charge is -2.02. The molecule has 21 heavy (non-hydrogen) atoms. The van der Waals surface area contributed by atoms with Crippen LogP contribution in [0.5, 0.6) is 0 Å². The molecule has 0 amide bonds. The van der Waals surface area contributed by atoms with E-state index in [1.165, 1.54) is 5.56 Å². The summed E-state index contributed by atoms with van der Waals surface area (Å²) in [6.07, 6.45) is 3.13. The quantitative estimate of drug-likeness (QED) is 0.689. The Labute approximate surface area is 128 Å². The minimum absolute atomic E-state index is 0.108. The molecule has 0 aliphatic rings. The molecule has 2 nitrogen and oxygen atoms in total. The zero-order valence-corrected chi connectivity index (χ0v) is 12.6. The number of aromatic nitrogens is 1. The van der Waals surface area contributed by atoms with Crippen LogP contribution in [0.3, 0.4) is 0 Å². The molecule has 0 aliphatic heterocycles. The first-order chi connectivity index (χ1) is 10.2. The number of Topliss-reactive ketones (excluding diaryl/α,β-unsaturated/α-hetero) is 1. The lowest BCUT2D eigenvalue weighted by Crippen LogP contribution is -2.02. The van der Waals surface area contributed by atoms with Crippen LogP contribution in [0, 0.1) is 0 Å². The molecule has 106 valence electrons. The minimum Gasteiger partial charge on any atom is -0.360 e. The smallest absolute Gasteiger partial charge is 0.169 e. The Morgan fingerprint density at radius 2 is 2.00 bits per heavy atom. The Morgan fingerprint density at radius 1 is 1.19 bits per heavy atom. The van der Waals surface area contributed by atoms with E-state index >= 15 is 0 Å². The fourth-order valence-electron chi connectivity index (χ4n) is 2.67. The SMILES string of the molecule is CCc1cccc2c(C(=O)Cc3cccc(Cl)c3)c[nH]c12. The number of hydrogen-bond donors (Lipinski definition) is 1. The van der Waals surface area contributed by atoms with Gasteiger partial charge in [0.05, 0.1) is 0 Å². The maximum absolute atomic E-state index is 12.5. The lowest BCUT2D eigenvalue weighted by atomic mass is 10.0. The zero-order valence-electron chi connectivity index (χ0n) is 11.8. The van der Waals surface area contributed by atoms with Gasteiger partial charge in [-0.3, -0.25) is 4.79 Å². The number of hydrogen-bond acceptors (Lipinski definition) is 1. The summed E-state index contributed by atoms with van der Waals surface area (Å²) in [7, 11) is 0. The van der Waals surface area contributed by atoms with Gasteiger partial charge in [0, 0.05) is 34.1 Å². The molecule has 0 atom stereocenters. The van der Waals surface area contributed by atoms with E-state index in [4.69, 9.17) is 11.6 Å². The summed E-state index contributed by atoms with van der Waals surface area (Å²) in [4.78, 5) is 15.8. The van der Waals surface area contributed by atoms with Crippen molar-refractivity contribution in [1.29, 1.82) is 0 Å². The predicted octanol–water partition coefficient (Wildman–Crippen LogP) is 4.81. The third-order valence-electron chi connectivity index (χ3n) is 3.74. The molecule has 0 saturated heterocycles. The van der Waals surface area contributed by atoms with Crippen molar-refractivity contribution >= 4 is 28.3 Å². The number of para-hydroxylation sites is 1. The molecule has 0 saturated carbocycles. The van der Waals surface area contributed by atoms with E-state index in [1.54, 1.807) is 0 Å². The van der Waals surface area contributed by atoms with Gasteiger partial charge in [0.25, 0.3) is 0 Å². The van der Waals surface area contributed by atoms with Crippen LogP contribution < -0.4 is 0 Å². The fraction of sp³-hybridized carbons (Fsp3) is 0.167. The van der Waals surface area contributed by atoms with Crippen molar-refractivity contribution in [3.05, 3.63) is 70.4 Å². The van der Waals surface area contributed by atoms with Gasteiger partial charge in [-0.15, -0.1) is 0 Å². The fourth-order valence-corrected chi connectivity index (χ4v) is 2.88. The van der Waals surface area contributed by atoms with Gasteiger partial charge >= 0.3 is 0 Å². The molecule has 3 rings (SSSR count). The van der Waals surface area contributed by atoms with Gasteiger partial charge in [0.1, 0.15) is 0 Å². The standard InChI is InChI=1S/C18H16ClNO/c1-2-13-6-4-8-15-16(11-20-18(13)15)17(21)10-12-5-3-7-14(19)9-12/h3-9,11,20H,2,10H2,1H3. The van der Waals surface area contributed by atoms with Crippen molar-refractivity contribution in [3.63, 3.8) is 0 Å². The largest absolute Gasteiger partial charge is 0.360 e. The van der Waals surface area contributed by atoms with E-state index in [9.17, 15) is 4.79 Å². The molecule has 0 fully saturated rings. The van der Waals surface area contributed by atoms with Crippen molar-refractivity contribution < 1.29 is 4.79 Å². The van der Waals surface area contributed by atoms with E-state index in [0.717, 1.165) is 28.5 Å². The molecule has 0 radical (unpaired) electrons. The van der Waals surface area contributed by atoms with E-state index in [0.29, 0.717) is 11.4 Å². The van der Waals surface area contributed by atoms with Crippen molar-refractivity contribution in [2.24, 2.45) is 0 Å². The van der Waals surface area contributed by atoms with Crippen LogP contribution in [-0.2, 0) is 12.8 Å². The number of aryl methyl sites for hydroxylation is 1. The Morgan fingerprint density at radius 3 is 2.76 bits per heavy atom. The second-order valence-electron chi connectivity index (χ2n) is 5.13. The Kier molecular flexibility index (Phi) is 3.80. The number of carbonyl (C=O) groups is 1. The average Bonchev–Trinajstić information content (AvgIpc) is 2.91. The molecule has 1 heterocycles. The highest BCUT2D eigenvalue weighted by molar-refractivity contribution is 6.30. The summed E-state index contributed by atoms with van der Waals surface area (Å²) in [5, 5.41) is 1.66. The summed E-state index contributed by atoms with van der Waals surface area (Å²) < 4.78 is 0. The number of fused-ring (bicyclic) bond motifs is 1. The summed E-state index contributed by atoms with van der Waals surface area (Å²) in [6.45, 7) is 2.11. The molecule has 0 spiro atoms. The third kappa shape index (κ3) is 2.72. The number of carbonyl (C=O) groups excluding carboxylic acids is 1. The molecular weight excluding hydrogens is 282 g/mol. The average molecular weight is 298 g/mol. The Bertz CT molecular complexity index is 804. The third-order valence-corrected chi connectivity index (χ3v) is 3.97. The highest BCUT2D eigenvalue weighted by Gasteiger charge is 2.14. The highest BCUT2D eigenvalue weighted by atomic mass is 35.5. The molecule has 3 heteroatoms. The number of aromatic amines is 1. The van der Waals surface area contributed by atoms with Gasteiger partial charge in [-0.25, -0.2) is 0 Å². The van der Waals surface area contributed by atoms with Gasteiger partial charge in [-0.1, -0.05) is 48.9 Å². The van der Waals surface area contributed by atoms with Crippen molar-refractivity contribution in [2.75, 3.05) is 0 Å². The zero-order chi connectivity index (χ0) is 14.8. The van der Waals surface area contributed by atoms with E-state index in [2.05, 4.69) is 18.0 Å². The number of halogens is 1. The van der Waals surface area contributed by atoms with E-state index in [-0.39, 0.29) is 5.78 Å². The number of benzene rings is 2. The van der Waals surface area contributed by atoms with Crippen LogP contribution >= 0.6 is 11.6 Å². The van der Waals surface area contributed by atoms with Gasteiger partial charge in [0.2, 0.25) is 0 Å². The van der Waals surface area contributed by atoms with E-state index < -0.39 is 0 Å².